The van der Waals surface area contributed by atoms with Crippen LogP contribution in [0.4, 0.5) is 5.69 Å². The van der Waals surface area contributed by atoms with Crippen LogP contribution >= 0.6 is 11.6 Å². The Morgan fingerprint density at radius 1 is 1.14 bits per heavy atom. The minimum atomic E-state index is 0.565. The van der Waals surface area contributed by atoms with Gasteiger partial charge in [0, 0.05) is 0 Å². The standard InChI is InChI=1S/C18H21AsClN/c1-13(19)18(12-14-6-8-16(20)9-7-14)21-11-10-15-4-2-3-5-17(15)21/h2-9,13,18H,10-12,19H2,1H3. The molecule has 1 aliphatic rings. The molecule has 0 radical (unpaired) electrons. The molecule has 0 saturated carbocycles. The van der Waals surface area contributed by atoms with E-state index in [0.717, 1.165) is 18.0 Å². The van der Waals surface area contributed by atoms with Crippen LogP contribution in [0.2, 0.25) is 9.73 Å². The molecule has 0 fully saturated rings. The van der Waals surface area contributed by atoms with Crippen LogP contribution in [0.3, 0.4) is 0 Å². The Morgan fingerprint density at radius 2 is 1.86 bits per heavy atom. The SMILES string of the molecule is CC([AsH2])C(Cc1ccc(Cl)cc1)N1CCc2ccccc21. The Kier molecular flexibility index (Phi) is 4.62. The van der Waals surface area contributed by atoms with Crippen LogP contribution in [0, 0.1) is 0 Å². The number of nitrogens with zero attached hydrogens (tertiary/aromatic N) is 1. The first-order chi connectivity index (χ1) is 10.1. The first-order valence-electron chi connectivity index (χ1n) is 7.50. The summed E-state index contributed by atoms with van der Waals surface area (Å²) < 4.78 is 0.680. The molecule has 0 spiro atoms. The zero-order valence-corrected chi connectivity index (χ0v) is 15.5. The van der Waals surface area contributed by atoms with Crippen LogP contribution in [-0.4, -0.2) is 29.4 Å². The summed E-state index contributed by atoms with van der Waals surface area (Å²) in [5.41, 5.74) is 4.30. The van der Waals surface area contributed by atoms with Crippen LogP contribution in [0.1, 0.15) is 18.1 Å². The fraction of sp³-hybridized carbons (Fsp3) is 0.333. The number of rotatable bonds is 4. The van der Waals surface area contributed by atoms with Crippen molar-refractivity contribution in [2.45, 2.75) is 30.5 Å². The molecule has 0 aliphatic carbocycles. The van der Waals surface area contributed by atoms with Crippen molar-refractivity contribution < 1.29 is 0 Å². The molecule has 0 bridgehead atoms. The van der Waals surface area contributed by atoms with Crippen LogP contribution in [0.25, 0.3) is 0 Å². The van der Waals surface area contributed by atoms with E-state index in [2.05, 4.69) is 48.2 Å². The van der Waals surface area contributed by atoms with E-state index in [1.54, 1.807) is 0 Å². The summed E-state index contributed by atoms with van der Waals surface area (Å²) in [6.07, 6.45) is 2.26. The molecular weight excluding hydrogens is 341 g/mol. The van der Waals surface area contributed by atoms with Crippen LogP contribution in [0.15, 0.2) is 48.5 Å². The van der Waals surface area contributed by atoms with Crippen molar-refractivity contribution >= 4 is 34.1 Å². The van der Waals surface area contributed by atoms with Crippen molar-refractivity contribution in [2.24, 2.45) is 0 Å². The topological polar surface area (TPSA) is 3.24 Å². The summed E-state index contributed by atoms with van der Waals surface area (Å²) in [5, 5.41) is 0.815. The van der Waals surface area contributed by atoms with Crippen molar-refractivity contribution in [3.05, 3.63) is 64.7 Å². The fourth-order valence-corrected chi connectivity index (χ4v) is 4.00. The van der Waals surface area contributed by atoms with Crippen molar-refractivity contribution in [3.63, 3.8) is 0 Å². The third-order valence-electron chi connectivity index (χ3n) is 4.29. The van der Waals surface area contributed by atoms with Gasteiger partial charge in [-0.05, 0) is 0 Å². The molecule has 21 heavy (non-hydrogen) atoms. The van der Waals surface area contributed by atoms with Gasteiger partial charge >= 0.3 is 141 Å². The molecule has 0 aromatic heterocycles. The quantitative estimate of drug-likeness (QED) is 0.750. The summed E-state index contributed by atoms with van der Waals surface area (Å²) in [6, 6.07) is 17.7. The van der Waals surface area contributed by atoms with Gasteiger partial charge in [-0.25, -0.2) is 0 Å². The van der Waals surface area contributed by atoms with Gasteiger partial charge in [-0.3, -0.25) is 0 Å². The number of hydrogen-bond acceptors (Lipinski definition) is 1. The number of para-hydroxylation sites is 1. The van der Waals surface area contributed by atoms with E-state index in [1.807, 2.05) is 29.0 Å². The third kappa shape index (κ3) is 3.30. The number of halogens is 1. The molecule has 0 amide bonds. The number of fused-ring (bicyclic) bond motifs is 1. The average Bonchev–Trinajstić information content (AvgIpc) is 2.90. The molecular formula is C18H21AsClN. The number of anilines is 1. The summed E-state index contributed by atoms with van der Waals surface area (Å²) in [4.78, 5) is 2.61. The molecule has 0 saturated heterocycles. The molecule has 1 heterocycles. The maximum atomic E-state index is 6.00. The van der Waals surface area contributed by atoms with Crippen molar-refractivity contribution in [1.82, 2.24) is 0 Å². The van der Waals surface area contributed by atoms with Gasteiger partial charge in [0.25, 0.3) is 0 Å². The normalized spacial score (nSPS) is 16.6. The summed E-state index contributed by atoms with van der Waals surface area (Å²) in [6.45, 7) is 3.49. The average molecular weight is 362 g/mol. The Bertz CT molecular complexity index is 609. The van der Waals surface area contributed by atoms with E-state index in [0.29, 0.717) is 10.7 Å². The van der Waals surface area contributed by atoms with Gasteiger partial charge in [-0.1, -0.05) is 0 Å². The van der Waals surface area contributed by atoms with E-state index in [-0.39, 0.29) is 0 Å². The molecule has 110 valence electrons. The predicted molar refractivity (Wildman–Crippen MR) is 94.4 cm³/mol. The van der Waals surface area contributed by atoms with Crippen LogP contribution in [0.5, 0.6) is 0 Å². The first kappa shape index (κ1) is 15.0. The molecule has 3 unspecified atom stereocenters. The predicted octanol–water partition coefficient (Wildman–Crippen LogP) is 3.76. The third-order valence-corrected chi connectivity index (χ3v) is 5.47. The fourth-order valence-electron chi connectivity index (χ4n) is 3.15. The molecule has 3 heteroatoms. The Labute approximate surface area is 140 Å². The van der Waals surface area contributed by atoms with Crippen LogP contribution in [-0.2, 0) is 12.8 Å². The van der Waals surface area contributed by atoms with E-state index in [1.165, 1.54) is 23.2 Å². The van der Waals surface area contributed by atoms with Gasteiger partial charge in [0.2, 0.25) is 0 Å². The number of benzene rings is 2. The van der Waals surface area contributed by atoms with Crippen molar-refractivity contribution in [3.8, 4) is 0 Å². The van der Waals surface area contributed by atoms with Crippen LogP contribution < -0.4 is 4.90 Å². The maximum absolute atomic E-state index is 6.00. The second kappa shape index (κ2) is 6.46. The molecule has 1 aliphatic heterocycles. The second-order valence-electron chi connectivity index (χ2n) is 5.83. The van der Waals surface area contributed by atoms with E-state index < -0.39 is 0 Å². The molecule has 0 N–H and O–H groups in total. The van der Waals surface area contributed by atoms with Gasteiger partial charge in [0.15, 0.2) is 0 Å². The molecule has 1 nitrogen and oxygen atoms in total. The monoisotopic (exact) mass is 361 g/mol. The molecule has 3 rings (SSSR count). The van der Waals surface area contributed by atoms with Gasteiger partial charge in [-0.15, -0.1) is 0 Å². The van der Waals surface area contributed by atoms with E-state index in [4.69, 9.17) is 11.6 Å². The van der Waals surface area contributed by atoms with Crippen molar-refractivity contribution in [2.75, 3.05) is 11.4 Å². The summed E-state index contributed by atoms with van der Waals surface area (Å²) >= 11 is 7.82. The zero-order chi connectivity index (χ0) is 14.8. The van der Waals surface area contributed by atoms with Crippen molar-refractivity contribution in [1.29, 1.82) is 0 Å². The van der Waals surface area contributed by atoms with Gasteiger partial charge in [0.1, 0.15) is 0 Å². The van der Waals surface area contributed by atoms with Gasteiger partial charge in [0.05, 0.1) is 0 Å². The van der Waals surface area contributed by atoms with Gasteiger partial charge < -0.3 is 0 Å². The number of hydrogen-bond donors (Lipinski definition) is 0. The Hall–Kier alpha value is -0.912. The Balaban J connectivity index is 1.84. The molecule has 2 aromatic rings. The molecule has 2 aromatic carbocycles. The van der Waals surface area contributed by atoms with Gasteiger partial charge in [-0.2, -0.15) is 0 Å². The first-order valence-corrected chi connectivity index (χ1v) is 9.27. The zero-order valence-electron chi connectivity index (χ0n) is 12.3. The van der Waals surface area contributed by atoms with E-state index >= 15 is 0 Å². The van der Waals surface area contributed by atoms with E-state index in [9.17, 15) is 0 Å². The summed E-state index contributed by atoms with van der Waals surface area (Å²) in [7, 11) is 0. The second-order valence-corrected chi connectivity index (χ2v) is 8.47. The summed E-state index contributed by atoms with van der Waals surface area (Å²) in [5.74, 6) is 0. The Morgan fingerprint density at radius 3 is 2.57 bits per heavy atom. The minimum absolute atomic E-state index is 0.565. The molecule has 3 atom stereocenters.